The van der Waals surface area contributed by atoms with Crippen molar-refractivity contribution in [2.24, 2.45) is 5.92 Å². The maximum atomic E-state index is 13.5. The Labute approximate surface area is 142 Å². The van der Waals surface area contributed by atoms with Crippen LogP contribution in [0.25, 0.3) is 0 Å². The van der Waals surface area contributed by atoms with Gasteiger partial charge in [0.25, 0.3) is 0 Å². The number of hydrogen-bond acceptors (Lipinski definition) is 2. The van der Waals surface area contributed by atoms with Gasteiger partial charge in [0, 0.05) is 32.2 Å². The monoisotopic (exact) mass is 366 g/mol. The molecule has 1 aromatic rings. The van der Waals surface area contributed by atoms with E-state index in [2.05, 4.69) is 5.32 Å². The van der Waals surface area contributed by atoms with Gasteiger partial charge in [0.2, 0.25) is 0 Å². The van der Waals surface area contributed by atoms with Crippen molar-refractivity contribution in [2.75, 3.05) is 26.2 Å². The molecule has 0 unspecified atom stereocenters. The number of nitrogens with zero attached hydrogens (tertiary/aromatic N) is 1. The minimum absolute atomic E-state index is 0.0331. The molecule has 2 fully saturated rings. The number of halogens is 6. The summed E-state index contributed by atoms with van der Waals surface area (Å²) in [7, 11) is 0. The van der Waals surface area contributed by atoms with Crippen molar-refractivity contribution < 1.29 is 26.3 Å². The minimum atomic E-state index is -4.81. The predicted octanol–water partition coefficient (Wildman–Crippen LogP) is 4.47. The van der Waals surface area contributed by atoms with Crippen molar-refractivity contribution in [1.29, 1.82) is 0 Å². The third-order valence-electron chi connectivity index (χ3n) is 4.89. The predicted molar refractivity (Wildman–Crippen MR) is 81.0 cm³/mol. The van der Waals surface area contributed by atoms with E-state index < -0.39 is 29.5 Å². The lowest BCUT2D eigenvalue weighted by molar-refractivity contribution is -0.143. The van der Waals surface area contributed by atoms with Gasteiger partial charge in [-0.25, -0.2) is 0 Å². The van der Waals surface area contributed by atoms with E-state index in [1.165, 1.54) is 0 Å². The van der Waals surface area contributed by atoms with Crippen LogP contribution < -0.4 is 5.32 Å². The molecule has 1 atom stereocenters. The first-order chi connectivity index (χ1) is 11.7. The largest absolute Gasteiger partial charge is 0.416 e. The molecule has 0 aromatic heterocycles. The fourth-order valence-electron chi connectivity index (χ4n) is 3.40. The van der Waals surface area contributed by atoms with Gasteiger partial charge < -0.3 is 5.32 Å². The minimum Gasteiger partial charge on any atom is -0.314 e. The highest BCUT2D eigenvalue weighted by Gasteiger charge is 2.41. The van der Waals surface area contributed by atoms with Crippen LogP contribution in [0.5, 0.6) is 0 Å². The Balaban J connectivity index is 2.01. The summed E-state index contributed by atoms with van der Waals surface area (Å²) in [4.78, 5) is 1.96. The van der Waals surface area contributed by atoms with Crippen LogP contribution in [-0.4, -0.2) is 31.1 Å². The van der Waals surface area contributed by atoms with E-state index in [0.717, 1.165) is 25.0 Å². The molecule has 2 nitrogen and oxygen atoms in total. The highest BCUT2D eigenvalue weighted by Crippen LogP contribution is 2.45. The molecular formula is C17H20F6N2. The second kappa shape index (κ2) is 6.79. The topological polar surface area (TPSA) is 15.3 Å². The molecular weight excluding hydrogens is 346 g/mol. The smallest absolute Gasteiger partial charge is 0.314 e. The Morgan fingerprint density at radius 3 is 2.16 bits per heavy atom. The van der Waals surface area contributed by atoms with E-state index in [1.807, 2.05) is 4.90 Å². The Hall–Kier alpha value is -1.28. The lowest BCUT2D eigenvalue weighted by atomic mass is 9.92. The van der Waals surface area contributed by atoms with E-state index in [0.29, 0.717) is 38.5 Å². The van der Waals surface area contributed by atoms with Crippen LogP contribution in [0.1, 0.15) is 42.0 Å². The van der Waals surface area contributed by atoms with E-state index >= 15 is 0 Å². The molecule has 0 spiro atoms. The molecule has 1 N–H and O–H groups in total. The van der Waals surface area contributed by atoms with Gasteiger partial charge in [0.05, 0.1) is 11.1 Å². The summed E-state index contributed by atoms with van der Waals surface area (Å²) in [5.41, 5.74) is -2.45. The highest BCUT2D eigenvalue weighted by atomic mass is 19.4. The summed E-state index contributed by atoms with van der Waals surface area (Å²) >= 11 is 0. The molecule has 0 radical (unpaired) electrons. The summed E-state index contributed by atoms with van der Waals surface area (Å²) in [5.74, 6) is 0.364. The molecule has 1 saturated heterocycles. The molecule has 0 bridgehead atoms. The van der Waals surface area contributed by atoms with Gasteiger partial charge >= 0.3 is 12.4 Å². The first-order valence-corrected chi connectivity index (χ1v) is 8.39. The lowest BCUT2D eigenvalue weighted by Gasteiger charge is -2.36. The molecule has 25 heavy (non-hydrogen) atoms. The van der Waals surface area contributed by atoms with Crippen molar-refractivity contribution in [3.63, 3.8) is 0 Å². The standard InChI is InChI=1S/C17H20F6N2/c18-16(19,20)12-3-4-13(14(10-12)17(21,22)23)15(9-11-1-2-11)25-7-5-24-6-8-25/h3-4,10-11,15,24H,1-2,5-9H2/t15-/m1/s1. The normalized spacial score (nSPS) is 21.4. The third kappa shape index (κ3) is 4.47. The Kier molecular flexibility index (Phi) is 5.03. The van der Waals surface area contributed by atoms with Crippen molar-refractivity contribution in [3.8, 4) is 0 Å². The van der Waals surface area contributed by atoms with Crippen LogP contribution in [0.4, 0.5) is 26.3 Å². The summed E-state index contributed by atoms with van der Waals surface area (Å²) in [6, 6.07) is 1.57. The summed E-state index contributed by atoms with van der Waals surface area (Å²) < 4.78 is 79.1. The van der Waals surface area contributed by atoms with Gasteiger partial charge in [-0.15, -0.1) is 0 Å². The van der Waals surface area contributed by atoms with E-state index in [4.69, 9.17) is 0 Å². The van der Waals surface area contributed by atoms with Crippen molar-refractivity contribution in [2.45, 2.75) is 37.7 Å². The number of nitrogens with one attached hydrogen (secondary N) is 1. The van der Waals surface area contributed by atoms with Crippen LogP contribution in [0.3, 0.4) is 0 Å². The zero-order valence-corrected chi connectivity index (χ0v) is 13.6. The molecule has 0 amide bonds. The van der Waals surface area contributed by atoms with Gasteiger partial charge in [0.15, 0.2) is 0 Å². The molecule has 3 rings (SSSR count). The first kappa shape index (κ1) is 18.5. The van der Waals surface area contributed by atoms with Gasteiger partial charge in [0.1, 0.15) is 0 Å². The fourth-order valence-corrected chi connectivity index (χ4v) is 3.40. The molecule has 1 aliphatic carbocycles. The number of benzene rings is 1. The molecule has 1 heterocycles. The molecule has 2 aliphatic rings. The van der Waals surface area contributed by atoms with Gasteiger partial charge in [-0.3, -0.25) is 4.90 Å². The molecule has 1 aromatic carbocycles. The molecule has 140 valence electrons. The Morgan fingerprint density at radius 1 is 1.00 bits per heavy atom. The lowest BCUT2D eigenvalue weighted by Crippen LogP contribution is -2.45. The van der Waals surface area contributed by atoms with Crippen LogP contribution in [-0.2, 0) is 12.4 Å². The van der Waals surface area contributed by atoms with E-state index in [-0.39, 0.29) is 11.6 Å². The van der Waals surface area contributed by atoms with Crippen molar-refractivity contribution >= 4 is 0 Å². The average molecular weight is 366 g/mol. The second-order valence-electron chi connectivity index (χ2n) is 6.78. The fraction of sp³-hybridized carbons (Fsp3) is 0.647. The number of hydrogen-bond donors (Lipinski definition) is 1. The highest BCUT2D eigenvalue weighted by molar-refractivity contribution is 5.38. The zero-order chi connectivity index (χ0) is 18.2. The third-order valence-corrected chi connectivity index (χ3v) is 4.89. The maximum Gasteiger partial charge on any atom is 0.416 e. The molecule has 1 aliphatic heterocycles. The van der Waals surface area contributed by atoms with Crippen LogP contribution >= 0.6 is 0 Å². The van der Waals surface area contributed by atoms with Gasteiger partial charge in [-0.05, 0) is 30.0 Å². The van der Waals surface area contributed by atoms with E-state index in [1.54, 1.807) is 0 Å². The summed E-state index contributed by atoms with van der Waals surface area (Å²) in [6.07, 6.45) is -7.09. The van der Waals surface area contributed by atoms with Crippen molar-refractivity contribution in [1.82, 2.24) is 10.2 Å². The van der Waals surface area contributed by atoms with Gasteiger partial charge in [-0.2, -0.15) is 26.3 Å². The summed E-state index contributed by atoms with van der Waals surface area (Å²) in [5, 5.41) is 3.15. The SMILES string of the molecule is FC(F)(F)c1ccc([C@@H](CC2CC2)N2CCNCC2)c(C(F)(F)F)c1. The number of rotatable bonds is 4. The quantitative estimate of drug-likeness (QED) is 0.791. The molecule has 1 saturated carbocycles. The van der Waals surface area contributed by atoms with Crippen molar-refractivity contribution in [3.05, 3.63) is 34.9 Å². The molecule has 8 heteroatoms. The van der Waals surface area contributed by atoms with Crippen LogP contribution in [0.15, 0.2) is 18.2 Å². The second-order valence-corrected chi connectivity index (χ2v) is 6.78. The average Bonchev–Trinajstić information content (AvgIpc) is 3.35. The van der Waals surface area contributed by atoms with Crippen LogP contribution in [0.2, 0.25) is 0 Å². The number of piperazine rings is 1. The zero-order valence-electron chi connectivity index (χ0n) is 13.6. The Bertz CT molecular complexity index is 600. The summed E-state index contributed by atoms with van der Waals surface area (Å²) in [6.45, 7) is 2.53. The van der Waals surface area contributed by atoms with Crippen LogP contribution in [0, 0.1) is 5.92 Å². The Morgan fingerprint density at radius 2 is 1.64 bits per heavy atom. The number of alkyl halides is 6. The maximum absolute atomic E-state index is 13.5. The first-order valence-electron chi connectivity index (χ1n) is 8.39. The van der Waals surface area contributed by atoms with Gasteiger partial charge in [-0.1, -0.05) is 18.9 Å². The van der Waals surface area contributed by atoms with E-state index in [9.17, 15) is 26.3 Å².